The number of anilines is 1. The topological polar surface area (TPSA) is 77.2 Å². The zero-order chi connectivity index (χ0) is 15.5. The van der Waals surface area contributed by atoms with Gasteiger partial charge in [-0.2, -0.15) is 4.98 Å². The van der Waals surface area contributed by atoms with Gasteiger partial charge in [-0.05, 0) is 31.0 Å². The van der Waals surface area contributed by atoms with Gasteiger partial charge in [0.15, 0.2) is 5.82 Å². The van der Waals surface area contributed by atoms with Crippen LogP contribution >= 0.6 is 11.6 Å². The Kier molecular flexibility index (Phi) is 4.40. The standard InChI is InChI=1S/C15H16ClN3O3/c1-2-13-18-15(22-19-13)10-8-9(16)5-6-11(10)17-14(20)12-4-3-7-21-12/h5-6,8,12H,2-4,7H2,1H3,(H,17,20)/t12-/m0/s1. The maximum absolute atomic E-state index is 12.2. The predicted octanol–water partition coefficient (Wildman–Crippen LogP) is 3.07. The fraction of sp³-hybridized carbons (Fsp3) is 0.400. The first-order chi connectivity index (χ1) is 10.7. The van der Waals surface area contributed by atoms with Crippen molar-refractivity contribution in [2.45, 2.75) is 32.3 Å². The summed E-state index contributed by atoms with van der Waals surface area (Å²) in [7, 11) is 0. The molecule has 0 bridgehead atoms. The zero-order valence-corrected chi connectivity index (χ0v) is 12.9. The van der Waals surface area contributed by atoms with E-state index in [1.165, 1.54) is 0 Å². The minimum absolute atomic E-state index is 0.170. The van der Waals surface area contributed by atoms with Gasteiger partial charge in [0.25, 0.3) is 11.8 Å². The van der Waals surface area contributed by atoms with Crippen molar-refractivity contribution in [3.63, 3.8) is 0 Å². The average molecular weight is 322 g/mol. The summed E-state index contributed by atoms with van der Waals surface area (Å²) in [5.41, 5.74) is 1.18. The Balaban J connectivity index is 1.88. The summed E-state index contributed by atoms with van der Waals surface area (Å²) in [6, 6.07) is 5.12. The van der Waals surface area contributed by atoms with Crippen molar-refractivity contribution in [1.29, 1.82) is 0 Å². The van der Waals surface area contributed by atoms with E-state index < -0.39 is 6.10 Å². The van der Waals surface area contributed by atoms with Crippen LogP contribution in [0.1, 0.15) is 25.6 Å². The maximum Gasteiger partial charge on any atom is 0.260 e. The molecule has 7 heteroatoms. The summed E-state index contributed by atoms with van der Waals surface area (Å²) in [6.07, 6.45) is 1.89. The van der Waals surface area contributed by atoms with Gasteiger partial charge >= 0.3 is 0 Å². The number of nitrogens with zero attached hydrogens (tertiary/aromatic N) is 2. The van der Waals surface area contributed by atoms with Crippen LogP contribution in [0.15, 0.2) is 22.7 Å². The molecule has 116 valence electrons. The Bertz CT molecular complexity index is 680. The molecular formula is C15H16ClN3O3. The Hall–Kier alpha value is -1.92. The third-order valence-corrected chi connectivity index (χ3v) is 3.71. The Morgan fingerprint density at radius 1 is 1.50 bits per heavy atom. The van der Waals surface area contributed by atoms with Gasteiger partial charge in [-0.25, -0.2) is 0 Å². The monoisotopic (exact) mass is 321 g/mol. The number of rotatable bonds is 4. The van der Waals surface area contributed by atoms with Crippen LogP contribution in [0, 0.1) is 0 Å². The molecule has 1 aromatic carbocycles. The average Bonchev–Trinajstić information content (AvgIpc) is 3.20. The number of amides is 1. The van der Waals surface area contributed by atoms with Crippen molar-refractivity contribution in [2.75, 3.05) is 11.9 Å². The van der Waals surface area contributed by atoms with Crippen molar-refractivity contribution in [2.24, 2.45) is 0 Å². The Morgan fingerprint density at radius 3 is 3.05 bits per heavy atom. The van der Waals surface area contributed by atoms with Crippen LogP contribution in [0.3, 0.4) is 0 Å². The molecule has 1 atom stereocenters. The molecule has 0 unspecified atom stereocenters. The van der Waals surface area contributed by atoms with E-state index in [9.17, 15) is 4.79 Å². The second-order valence-corrected chi connectivity index (χ2v) is 5.49. The molecular weight excluding hydrogens is 306 g/mol. The number of carbonyl (C=O) groups is 1. The van der Waals surface area contributed by atoms with Crippen molar-refractivity contribution < 1.29 is 14.1 Å². The minimum atomic E-state index is -0.405. The van der Waals surface area contributed by atoms with Crippen LogP contribution < -0.4 is 5.32 Å². The number of carbonyl (C=O) groups excluding carboxylic acids is 1. The lowest BCUT2D eigenvalue weighted by atomic mass is 10.1. The molecule has 3 rings (SSSR count). The third-order valence-electron chi connectivity index (χ3n) is 3.48. The van der Waals surface area contributed by atoms with Gasteiger partial charge in [0, 0.05) is 18.1 Å². The van der Waals surface area contributed by atoms with E-state index in [1.54, 1.807) is 18.2 Å². The van der Waals surface area contributed by atoms with Crippen molar-refractivity contribution in [3.8, 4) is 11.5 Å². The van der Waals surface area contributed by atoms with Crippen LogP contribution in [0.5, 0.6) is 0 Å². The van der Waals surface area contributed by atoms with E-state index in [-0.39, 0.29) is 5.91 Å². The molecule has 1 saturated heterocycles. The van der Waals surface area contributed by atoms with Crippen LogP contribution in [-0.2, 0) is 16.0 Å². The molecule has 1 aromatic heterocycles. The summed E-state index contributed by atoms with van der Waals surface area (Å²) in [4.78, 5) is 16.5. The quantitative estimate of drug-likeness (QED) is 0.936. The molecule has 22 heavy (non-hydrogen) atoms. The van der Waals surface area contributed by atoms with Gasteiger partial charge in [0.2, 0.25) is 0 Å². The van der Waals surface area contributed by atoms with Crippen LogP contribution in [0.25, 0.3) is 11.5 Å². The molecule has 1 aliphatic rings. The SMILES string of the molecule is CCc1noc(-c2cc(Cl)ccc2NC(=O)[C@@H]2CCCO2)n1. The van der Waals surface area contributed by atoms with Gasteiger partial charge in [-0.3, -0.25) is 4.79 Å². The number of halogens is 1. The highest BCUT2D eigenvalue weighted by Crippen LogP contribution is 2.30. The highest BCUT2D eigenvalue weighted by Gasteiger charge is 2.25. The number of ether oxygens (including phenoxy) is 1. The van der Waals surface area contributed by atoms with Crippen LogP contribution in [0.4, 0.5) is 5.69 Å². The van der Waals surface area contributed by atoms with Crippen LogP contribution in [0.2, 0.25) is 5.02 Å². The fourth-order valence-corrected chi connectivity index (χ4v) is 2.48. The molecule has 1 aliphatic heterocycles. The van der Waals surface area contributed by atoms with Gasteiger partial charge in [-0.1, -0.05) is 23.7 Å². The smallest absolute Gasteiger partial charge is 0.260 e. The summed E-state index contributed by atoms with van der Waals surface area (Å²) in [6.45, 7) is 2.56. The fourth-order valence-electron chi connectivity index (χ4n) is 2.31. The van der Waals surface area contributed by atoms with Crippen molar-refractivity contribution in [1.82, 2.24) is 10.1 Å². The molecule has 2 heterocycles. The maximum atomic E-state index is 12.2. The lowest BCUT2D eigenvalue weighted by Gasteiger charge is -2.12. The minimum Gasteiger partial charge on any atom is -0.368 e. The van der Waals surface area contributed by atoms with Gasteiger partial charge in [0.1, 0.15) is 6.10 Å². The van der Waals surface area contributed by atoms with Gasteiger partial charge < -0.3 is 14.6 Å². The van der Waals surface area contributed by atoms with Crippen LogP contribution in [-0.4, -0.2) is 28.8 Å². The van der Waals surface area contributed by atoms with Crippen molar-refractivity contribution >= 4 is 23.2 Å². The van der Waals surface area contributed by atoms with E-state index in [4.69, 9.17) is 20.9 Å². The Morgan fingerprint density at radius 2 is 2.36 bits per heavy atom. The summed E-state index contributed by atoms with van der Waals surface area (Å²) in [5, 5.41) is 7.26. The summed E-state index contributed by atoms with van der Waals surface area (Å²) in [5.74, 6) is 0.768. The third kappa shape index (κ3) is 3.13. The van der Waals surface area contributed by atoms with Crippen molar-refractivity contribution in [3.05, 3.63) is 29.0 Å². The first kappa shape index (κ1) is 15.0. The van der Waals surface area contributed by atoms with E-state index >= 15 is 0 Å². The largest absolute Gasteiger partial charge is 0.368 e. The van der Waals surface area contributed by atoms with Gasteiger partial charge in [-0.15, -0.1) is 0 Å². The molecule has 1 fully saturated rings. The Labute approximate surface area is 132 Å². The number of benzene rings is 1. The second kappa shape index (κ2) is 6.46. The molecule has 0 radical (unpaired) electrons. The molecule has 2 aromatic rings. The predicted molar refractivity (Wildman–Crippen MR) is 81.7 cm³/mol. The molecule has 6 nitrogen and oxygen atoms in total. The summed E-state index contributed by atoms with van der Waals surface area (Å²) >= 11 is 6.04. The normalized spacial score (nSPS) is 17.6. The summed E-state index contributed by atoms with van der Waals surface area (Å²) < 4.78 is 10.6. The highest BCUT2D eigenvalue weighted by molar-refractivity contribution is 6.31. The first-order valence-corrected chi connectivity index (χ1v) is 7.60. The van der Waals surface area contributed by atoms with E-state index in [0.717, 1.165) is 12.8 Å². The molecule has 0 aliphatic carbocycles. The lowest BCUT2D eigenvalue weighted by Crippen LogP contribution is -2.27. The van der Waals surface area contributed by atoms with E-state index in [1.807, 2.05) is 6.92 Å². The molecule has 0 saturated carbocycles. The van der Waals surface area contributed by atoms with E-state index in [0.29, 0.717) is 41.0 Å². The number of aromatic nitrogens is 2. The van der Waals surface area contributed by atoms with E-state index in [2.05, 4.69) is 15.5 Å². The van der Waals surface area contributed by atoms with Gasteiger partial charge in [0.05, 0.1) is 11.3 Å². The zero-order valence-electron chi connectivity index (χ0n) is 12.1. The molecule has 0 spiro atoms. The highest BCUT2D eigenvalue weighted by atomic mass is 35.5. The second-order valence-electron chi connectivity index (χ2n) is 5.05. The number of hydrogen-bond acceptors (Lipinski definition) is 5. The first-order valence-electron chi connectivity index (χ1n) is 7.22. The number of hydrogen-bond donors (Lipinski definition) is 1. The number of nitrogens with one attached hydrogen (secondary N) is 1. The lowest BCUT2D eigenvalue weighted by molar-refractivity contribution is -0.124. The number of aryl methyl sites for hydroxylation is 1. The molecule has 1 N–H and O–H groups in total. The molecule has 1 amide bonds.